The van der Waals surface area contributed by atoms with Crippen molar-refractivity contribution in [1.29, 1.82) is 0 Å². The average Bonchev–Trinajstić information content (AvgIpc) is 3.10. The third-order valence-corrected chi connectivity index (χ3v) is 5.34. The Hall–Kier alpha value is -2.90. The predicted octanol–water partition coefficient (Wildman–Crippen LogP) is 4.53. The second-order valence-electron chi connectivity index (χ2n) is 6.76. The summed E-state index contributed by atoms with van der Waals surface area (Å²) in [7, 11) is 0. The van der Waals surface area contributed by atoms with Gasteiger partial charge in [-0.2, -0.15) is 5.10 Å². The minimum Gasteiger partial charge on any atom is -0.330 e. The van der Waals surface area contributed by atoms with E-state index in [4.69, 9.17) is 23.2 Å². The van der Waals surface area contributed by atoms with Gasteiger partial charge in [-0.1, -0.05) is 29.3 Å². The van der Waals surface area contributed by atoms with Gasteiger partial charge in [0, 0.05) is 39.7 Å². The Labute approximate surface area is 175 Å². The molecule has 1 unspecified atom stereocenters. The molecule has 0 spiro atoms. The number of aromatic amines is 1. The third kappa shape index (κ3) is 3.71. The SMILES string of the molecule is CC1=C(C(=O)Nc2cc(Cl)c3[nH]ncc3c2)C(c2ccc(Cl)cc2F)CC(=O)N1. The smallest absolute Gasteiger partial charge is 0.253 e. The third-order valence-electron chi connectivity index (χ3n) is 4.81. The molecule has 29 heavy (non-hydrogen) atoms. The quantitative estimate of drug-likeness (QED) is 0.568. The fourth-order valence-electron chi connectivity index (χ4n) is 3.54. The van der Waals surface area contributed by atoms with Crippen LogP contribution in [0.1, 0.15) is 24.8 Å². The van der Waals surface area contributed by atoms with Gasteiger partial charge in [-0.15, -0.1) is 0 Å². The van der Waals surface area contributed by atoms with E-state index in [0.29, 0.717) is 21.9 Å². The molecule has 1 aromatic heterocycles. The number of amides is 2. The average molecular weight is 433 g/mol. The number of nitrogens with one attached hydrogen (secondary N) is 3. The van der Waals surface area contributed by atoms with Crippen molar-refractivity contribution in [3.05, 3.63) is 69.2 Å². The van der Waals surface area contributed by atoms with Crippen LogP contribution < -0.4 is 10.6 Å². The summed E-state index contributed by atoms with van der Waals surface area (Å²) in [6, 6.07) is 7.51. The van der Waals surface area contributed by atoms with Crippen molar-refractivity contribution < 1.29 is 14.0 Å². The molecule has 9 heteroatoms. The van der Waals surface area contributed by atoms with E-state index in [0.717, 1.165) is 5.39 Å². The maximum atomic E-state index is 14.5. The molecular weight excluding hydrogens is 418 g/mol. The minimum absolute atomic E-state index is 0.0554. The van der Waals surface area contributed by atoms with Crippen LogP contribution in [-0.2, 0) is 9.59 Å². The number of carbonyl (C=O) groups is 2. The first-order chi connectivity index (χ1) is 13.8. The van der Waals surface area contributed by atoms with E-state index in [1.807, 2.05) is 0 Å². The number of carbonyl (C=O) groups excluding carboxylic acids is 2. The molecule has 0 saturated carbocycles. The number of aromatic nitrogens is 2. The number of allylic oxidation sites excluding steroid dienone is 1. The predicted molar refractivity (Wildman–Crippen MR) is 109 cm³/mol. The van der Waals surface area contributed by atoms with Crippen LogP contribution in [0.15, 0.2) is 47.8 Å². The number of rotatable bonds is 3. The standard InChI is InChI=1S/C20H15Cl2FN4O2/c1-9-18(14(7-17(28)25-9)13-3-2-11(21)5-16(13)23)20(29)26-12-4-10-8-24-27-19(10)15(22)6-12/h2-6,8,14H,7H2,1H3,(H,24,27)(H,25,28)(H,26,29). The molecule has 2 aromatic carbocycles. The Morgan fingerprint density at radius 1 is 1.28 bits per heavy atom. The van der Waals surface area contributed by atoms with Crippen molar-refractivity contribution in [3.63, 3.8) is 0 Å². The van der Waals surface area contributed by atoms with E-state index in [1.165, 1.54) is 18.2 Å². The molecule has 6 nitrogen and oxygen atoms in total. The van der Waals surface area contributed by atoms with Crippen LogP contribution in [0.4, 0.5) is 10.1 Å². The van der Waals surface area contributed by atoms with E-state index >= 15 is 0 Å². The molecule has 0 bridgehead atoms. The summed E-state index contributed by atoms with van der Waals surface area (Å²) in [6.07, 6.45) is 1.54. The van der Waals surface area contributed by atoms with Crippen LogP contribution in [0.5, 0.6) is 0 Å². The first-order valence-electron chi connectivity index (χ1n) is 8.73. The van der Waals surface area contributed by atoms with Gasteiger partial charge in [-0.3, -0.25) is 14.7 Å². The van der Waals surface area contributed by atoms with Crippen LogP contribution in [0.2, 0.25) is 10.0 Å². The molecule has 2 amide bonds. The first-order valence-corrected chi connectivity index (χ1v) is 9.48. The van der Waals surface area contributed by atoms with Gasteiger partial charge in [-0.25, -0.2) is 4.39 Å². The highest BCUT2D eigenvalue weighted by molar-refractivity contribution is 6.35. The van der Waals surface area contributed by atoms with E-state index in [9.17, 15) is 14.0 Å². The molecule has 148 valence electrons. The number of halogens is 3. The Morgan fingerprint density at radius 3 is 2.83 bits per heavy atom. The Morgan fingerprint density at radius 2 is 2.07 bits per heavy atom. The fourth-order valence-corrected chi connectivity index (χ4v) is 3.97. The van der Waals surface area contributed by atoms with Crippen LogP contribution in [0, 0.1) is 5.82 Å². The lowest BCUT2D eigenvalue weighted by molar-refractivity contribution is -0.121. The summed E-state index contributed by atoms with van der Waals surface area (Å²) in [5.41, 5.74) is 1.99. The molecule has 0 aliphatic carbocycles. The summed E-state index contributed by atoms with van der Waals surface area (Å²) >= 11 is 12.1. The summed E-state index contributed by atoms with van der Waals surface area (Å²) in [5.74, 6) is -2.06. The molecule has 0 fully saturated rings. The molecular formula is C20H15Cl2FN4O2. The summed E-state index contributed by atoms with van der Waals surface area (Å²) < 4.78 is 14.5. The normalized spacial score (nSPS) is 16.8. The van der Waals surface area contributed by atoms with Gasteiger partial charge in [0.15, 0.2) is 0 Å². The second-order valence-corrected chi connectivity index (χ2v) is 7.60. The molecule has 2 heterocycles. The fraction of sp³-hybridized carbons (Fsp3) is 0.150. The van der Waals surface area contributed by atoms with Crippen LogP contribution in [-0.4, -0.2) is 22.0 Å². The van der Waals surface area contributed by atoms with Gasteiger partial charge in [0.2, 0.25) is 5.91 Å². The Balaban J connectivity index is 1.71. The van der Waals surface area contributed by atoms with Crippen LogP contribution in [0.3, 0.4) is 0 Å². The Bertz CT molecular complexity index is 1190. The number of H-pyrrole nitrogens is 1. The summed E-state index contributed by atoms with van der Waals surface area (Å²) in [6.45, 7) is 1.61. The van der Waals surface area contributed by atoms with Gasteiger partial charge in [-0.05, 0) is 36.8 Å². The van der Waals surface area contributed by atoms with E-state index in [2.05, 4.69) is 20.8 Å². The second kappa shape index (κ2) is 7.50. The maximum Gasteiger partial charge on any atom is 0.253 e. The molecule has 1 aliphatic heterocycles. The van der Waals surface area contributed by atoms with Gasteiger partial charge in [0.05, 0.1) is 16.7 Å². The molecule has 4 rings (SSSR count). The molecule has 1 atom stereocenters. The molecule has 1 aliphatic rings. The van der Waals surface area contributed by atoms with E-state index < -0.39 is 17.6 Å². The monoisotopic (exact) mass is 432 g/mol. The van der Waals surface area contributed by atoms with Gasteiger partial charge < -0.3 is 10.6 Å². The van der Waals surface area contributed by atoms with E-state index in [1.54, 1.807) is 25.3 Å². The van der Waals surface area contributed by atoms with Gasteiger partial charge in [0.1, 0.15) is 5.82 Å². The lowest BCUT2D eigenvalue weighted by Gasteiger charge is -2.27. The number of benzene rings is 2. The van der Waals surface area contributed by atoms with Crippen molar-refractivity contribution >= 4 is 51.6 Å². The molecule has 0 saturated heterocycles. The van der Waals surface area contributed by atoms with Crippen LogP contribution in [0.25, 0.3) is 10.9 Å². The zero-order chi connectivity index (χ0) is 20.7. The van der Waals surface area contributed by atoms with Crippen LogP contribution >= 0.6 is 23.2 Å². The number of fused-ring (bicyclic) bond motifs is 1. The zero-order valence-corrected chi connectivity index (χ0v) is 16.7. The summed E-state index contributed by atoms with van der Waals surface area (Å²) in [5, 5.41) is 13.5. The van der Waals surface area contributed by atoms with E-state index in [-0.39, 0.29) is 28.5 Å². The number of anilines is 1. The summed E-state index contributed by atoms with van der Waals surface area (Å²) in [4.78, 5) is 25.2. The van der Waals surface area contributed by atoms with Crippen molar-refractivity contribution in [2.24, 2.45) is 0 Å². The highest BCUT2D eigenvalue weighted by Crippen LogP contribution is 2.36. The maximum absolute atomic E-state index is 14.5. The number of nitrogens with zero attached hydrogens (tertiary/aromatic N) is 1. The topological polar surface area (TPSA) is 86.9 Å². The number of hydrogen-bond donors (Lipinski definition) is 3. The van der Waals surface area contributed by atoms with Crippen molar-refractivity contribution in [2.45, 2.75) is 19.3 Å². The lowest BCUT2D eigenvalue weighted by atomic mass is 9.83. The molecule has 3 N–H and O–H groups in total. The van der Waals surface area contributed by atoms with Crippen molar-refractivity contribution in [3.8, 4) is 0 Å². The Kier molecular flexibility index (Phi) is 5.02. The lowest BCUT2D eigenvalue weighted by Crippen LogP contribution is -2.35. The van der Waals surface area contributed by atoms with Crippen molar-refractivity contribution in [1.82, 2.24) is 15.5 Å². The molecule has 3 aromatic rings. The van der Waals surface area contributed by atoms with Gasteiger partial charge in [0.25, 0.3) is 5.91 Å². The minimum atomic E-state index is -0.742. The van der Waals surface area contributed by atoms with Crippen molar-refractivity contribution in [2.75, 3.05) is 5.32 Å². The largest absolute Gasteiger partial charge is 0.330 e. The highest BCUT2D eigenvalue weighted by atomic mass is 35.5. The first kappa shape index (κ1) is 19.4. The number of hydrogen-bond acceptors (Lipinski definition) is 3. The highest BCUT2D eigenvalue weighted by Gasteiger charge is 2.33. The van der Waals surface area contributed by atoms with Gasteiger partial charge >= 0.3 is 0 Å². The molecule has 0 radical (unpaired) electrons. The zero-order valence-electron chi connectivity index (χ0n) is 15.1.